The topological polar surface area (TPSA) is 46.3 Å². The first-order chi connectivity index (χ1) is 8.57. The van der Waals surface area contributed by atoms with Crippen molar-refractivity contribution in [3.05, 3.63) is 34.3 Å². The van der Waals surface area contributed by atoms with Gasteiger partial charge in [0.1, 0.15) is 0 Å². The summed E-state index contributed by atoms with van der Waals surface area (Å²) in [6, 6.07) is 8.04. The Morgan fingerprint density at radius 2 is 2.22 bits per heavy atom. The molecule has 0 bridgehead atoms. The summed E-state index contributed by atoms with van der Waals surface area (Å²) in [5.74, 6) is 0.191. The maximum Gasteiger partial charge on any atom is 0.230 e. The molecule has 98 valence electrons. The normalized spacial score (nSPS) is 17.1. The van der Waals surface area contributed by atoms with Gasteiger partial charge in [0.25, 0.3) is 0 Å². The SMILES string of the molecule is CN(Cc1cccc(Br)c1)C(=O)C1(CN)CCC1. The van der Waals surface area contributed by atoms with Crippen molar-refractivity contribution in [3.63, 3.8) is 0 Å². The molecular weight excluding hydrogens is 292 g/mol. The molecule has 0 spiro atoms. The van der Waals surface area contributed by atoms with E-state index in [1.54, 1.807) is 4.90 Å². The summed E-state index contributed by atoms with van der Waals surface area (Å²) in [5, 5.41) is 0. The van der Waals surface area contributed by atoms with E-state index in [2.05, 4.69) is 15.9 Å². The second-order valence-corrected chi connectivity index (χ2v) is 6.04. The molecule has 1 amide bonds. The third kappa shape index (κ3) is 2.59. The van der Waals surface area contributed by atoms with E-state index in [-0.39, 0.29) is 11.3 Å². The van der Waals surface area contributed by atoms with Crippen LogP contribution >= 0.6 is 15.9 Å². The Bertz CT molecular complexity index is 438. The number of benzene rings is 1. The molecule has 1 saturated carbocycles. The van der Waals surface area contributed by atoms with Crippen molar-refractivity contribution in [3.8, 4) is 0 Å². The molecule has 0 atom stereocenters. The zero-order chi connectivity index (χ0) is 13.2. The van der Waals surface area contributed by atoms with E-state index < -0.39 is 0 Å². The Morgan fingerprint density at radius 3 is 2.72 bits per heavy atom. The maximum absolute atomic E-state index is 12.4. The van der Waals surface area contributed by atoms with Crippen LogP contribution in [-0.2, 0) is 11.3 Å². The predicted octanol–water partition coefficient (Wildman–Crippen LogP) is 2.54. The minimum Gasteiger partial charge on any atom is -0.341 e. The summed E-state index contributed by atoms with van der Waals surface area (Å²) in [6.45, 7) is 1.11. The van der Waals surface area contributed by atoms with Gasteiger partial charge < -0.3 is 10.6 Å². The number of carbonyl (C=O) groups excluding carboxylic acids is 1. The number of rotatable bonds is 4. The molecule has 1 aromatic rings. The van der Waals surface area contributed by atoms with Gasteiger partial charge in [0, 0.05) is 24.6 Å². The Balaban J connectivity index is 2.03. The fourth-order valence-electron chi connectivity index (χ4n) is 2.49. The van der Waals surface area contributed by atoms with Crippen molar-refractivity contribution >= 4 is 21.8 Å². The maximum atomic E-state index is 12.4. The lowest BCUT2D eigenvalue weighted by Gasteiger charge is -2.41. The molecule has 2 rings (SSSR count). The number of hydrogen-bond donors (Lipinski definition) is 1. The van der Waals surface area contributed by atoms with Gasteiger partial charge in [-0.15, -0.1) is 0 Å². The van der Waals surface area contributed by atoms with Crippen LogP contribution in [0.15, 0.2) is 28.7 Å². The van der Waals surface area contributed by atoms with E-state index in [0.29, 0.717) is 13.1 Å². The Hall–Kier alpha value is -0.870. The van der Waals surface area contributed by atoms with Crippen LogP contribution in [0.4, 0.5) is 0 Å². The van der Waals surface area contributed by atoms with Gasteiger partial charge in [0.2, 0.25) is 5.91 Å². The van der Waals surface area contributed by atoms with Gasteiger partial charge in [-0.2, -0.15) is 0 Å². The van der Waals surface area contributed by atoms with E-state index >= 15 is 0 Å². The summed E-state index contributed by atoms with van der Waals surface area (Å²) in [7, 11) is 1.86. The minimum absolute atomic E-state index is 0.191. The van der Waals surface area contributed by atoms with Gasteiger partial charge in [-0.05, 0) is 30.5 Å². The summed E-state index contributed by atoms with van der Waals surface area (Å²) < 4.78 is 1.04. The van der Waals surface area contributed by atoms with Crippen molar-refractivity contribution in [2.24, 2.45) is 11.1 Å². The van der Waals surface area contributed by atoms with Gasteiger partial charge in [0.15, 0.2) is 0 Å². The first-order valence-corrected chi connectivity index (χ1v) is 7.07. The molecule has 1 aromatic carbocycles. The number of carbonyl (C=O) groups is 1. The highest BCUT2D eigenvalue weighted by molar-refractivity contribution is 9.10. The zero-order valence-electron chi connectivity index (χ0n) is 10.7. The highest BCUT2D eigenvalue weighted by Crippen LogP contribution is 2.41. The van der Waals surface area contributed by atoms with E-state index in [1.807, 2.05) is 31.3 Å². The Labute approximate surface area is 116 Å². The van der Waals surface area contributed by atoms with Crippen LogP contribution in [0.1, 0.15) is 24.8 Å². The fourth-order valence-corrected chi connectivity index (χ4v) is 2.94. The highest BCUT2D eigenvalue weighted by Gasteiger charge is 2.44. The lowest BCUT2D eigenvalue weighted by Crippen LogP contribution is -2.50. The number of halogens is 1. The van der Waals surface area contributed by atoms with Crippen molar-refractivity contribution in [1.29, 1.82) is 0 Å². The van der Waals surface area contributed by atoms with Crippen LogP contribution in [-0.4, -0.2) is 24.4 Å². The summed E-state index contributed by atoms with van der Waals surface area (Å²) in [4.78, 5) is 14.2. The number of nitrogens with two attached hydrogens (primary N) is 1. The summed E-state index contributed by atoms with van der Waals surface area (Å²) in [5.41, 5.74) is 6.62. The van der Waals surface area contributed by atoms with Crippen molar-refractivity contribution in [2.45, 2.75) is 25.8 Å². The number of amides is 1. The monoisotopic (exact) mass is 310 g/mol. The average Bonchev–Trinajstić information content (AvgIpc) is 2.28. The van der Waals surface area contributed by atoms with Crippen LogP contribution in [0.3, 0.4) is 0 Å². The molecular formula is C14H19BrN2O. The zero-order valence-corrected chi connectivity index (χ0v) is 12.2. The quantitative estimate of drug-likeness (QED) is 0.929. The molecule has 0 heterocycles. The fraction of sp³-hybridized carbons (Fsp3) is 0.500. The number of hydrogen-bond acceptors (Lipinski definition) is 2. The van der Waals surface area contributed by atoms with Gasteiger partial charge in [-0.25, -0.2) is 0 Å². The molecule has 0 radical (unpaired) electrons. The van der Waals surface area contributed by atoms with Gasteiger partial charge in [-0.3, -0.25) is 4.79 Å². The number of nitrogens with zero attached hydrogens (tertiary/aromatic N) is 1. The van der Waals surface area contributed by atoms with Crippen LogP contribution in [0.5, 0.6) is 0 Å². The van der Waals surface area contributed by atoms with Crippen LogP contribution < -0.4 is 5.73 Å². The predicted molar refractivity (Wildman–Crippen MR) is 76.0 cm³/mol. The van der Waals surface area contributed by atoms with Gasteiger partial charge in [0.05, 0.1) is 5.41 Å². The van der Waals surface area contributed by atoms with Crippen LogP contribution in [0.25, 0.3) is 0 Å². The second-order valence-electron chi connectivity index (χ2n) is 5.13. The van der Waals surface area contributed by atoms with Crippen molar-refractivity contribution in [2.75, 3.05) is 13.6 Å². The molecule has 0 aromatic heterocycles. The molecule has 0 saturated heterocycles. The lowest BCUT2D eigenvalue weighted by atomic mass is 9.68. The second kappa shape index (κ2) is 5.41. The molecule has 1 fully saturated rings. The Morgan fingerprint density at radius 1 is 1.50 bits per heavy atom. The van der Waals surface area contributed by atoms with E-state index in [9.17, 15) is 4.79 Å². The first-order valence-electron chi connectivity index (χ1n) is 6.27. The molecule has 1 aliphatic carbocycles. The molecule has 0 unspecified atom stereocenters. The molecule has 4 heteroatoms. The Kier molecular flexibility index (Phi) is 4.07. The molecule has 3 nitrogen and oxygen atoms in total. The van der Waals surface area contributed by atoms with Crippen LogP contribution in [0, 0.1) is 5.41 Å². The molecule has 18 heavy (non-hydrogen) atoms. The average molecular weight is 311 g/mol. The minimum atomic E-state index is -0.277. The smallest absolute Gasteiger partial charge is 0.230 e. The third-order valence-corrected chi connectivity index (χ3v) is 4.30. The van der Waals surface area contributed by atoms with E-state index in [4.69, 9.17) is 5.73 Å². The third-order valence-electron chi connectivity index (χ3n) is 3.81. The summed E-state index contributed by atoms with van der Waals surface area (Å²) in [6.07, 6.45) is 2.99. The van der Waals surface area contributed by atoms with Gasteiger partial charge in [-0.1, -0.05) is 34.5 Å². The lowest BCUT2D eigenvalue weighted by molar-refractivity contribution is -0.145. The first kappa shape index (κ1) is 13.6. The van der Waals surface area contributed by atoms with Crippen molar-refractivity contribution < 1.29 is 4.79 Å². The van der Waals surface area contributed by atoms with E-state index in [0.717, 1.165) is 29.3 Å². The largest absolute Gasteiger partial charge is 0.341 e. The molecule has 1 aliphatic rings. The van der Waals surface area contributed by atoms with Crippen molar-refractivity contribution in [1.82, 2.24) is 4.90 Å². The molecule has 0 aliphatic heterocycles. The highest BCUT2D eigenvalue weighted by atomic mass is 79.9. The van der Waals surface area contributed by atoms with Crippen LogP contribution in [0.2, 0.25) is 0 Å². The molecule has 2 N–H and O–H groups in total. The summed E-state index contributed by atoms with van der Waals surface area (Å²) >= 11 is 3.44. The van der Waals surface area contributed by atoms with Gasteiger partial charge >= 0.3 is 0 Å². The standard InChI is InChI=1S/C14H19BrN2O/c1-17(9-11-4-2-5-12(15)8-11)13(18)14(10-16)6-3-7-14/h2,4-5,8H,3,6-7,9-10,16H2,1H3. The van der Waals surface area contributed by atoms with E-state index in [1.165, 1.54) is 0 Å².